The van der Waals surface area contributed by atoms with Gasteiger partial charge in [-0.1, -0.05) is 31.5 Å². The maximum Gasteiger partial charge on any atom is 0.118 e. The molecule has 0 aliphatic carbocycles. The fourth-order valence-corrected chi connectivity index (χ4v) is 1.09. The molecule has 1 rings (SSSR count). The summed E-state index contributed by atoms with van der Waals surface area (Å²) in [5.74, 6) is 0.431. The summed E-state index contributed by atoms with van der Waals surface area (Å²) in [6.07, 6.45) is 3.31. The van der Waals surface area contributed by atoms with Gasteiger partial charge in [-0.15, -0.1) is 0 Å². The van der Waals surface area contributed by atoms with Crippen molar-refractivity contribution in [2.45, 2.75) is 26.2 Å². The van der Waals surface area contributed by atoms with Gasteiger partial charge in [0.25, 0.3) is 0 Å². The Kier molecular flexibility index (Phi) is 7.73. The molecule has 1 nitrogen and oxygen atoms in total. The van der Waals surface area contributed by atoms with E-state index in [1.54, 1.807) is 6.07 Å². The first-order valence-corrected chi connectivity index (χ1v) is 13.1. The molecule has 0 atom stereocenters. The number of rotatable bonds is 3. The lowest BCUT2D eigenvalue weighted by Gasteiger charge is -2.01. The molecule has 0 aliphatic heterocycles. The van der Waals surface area contributed by atoms with E-state index in [1.807, 2.05) is 18.2 Å². The summed E-state index contributed by atoms with van der Waals surface area (Å²) in [7, 11) is 2.89. The highest BCUT2D eigenvalue weighted by Gasteiger charge is 1.96. The minimum absolute atomic E-state index is 0.431. The average molecular weight is 212 g/mol. The van der Waals surface area contributed by atoms with Gasteiger partial charge in [0, 0.05) is 0 Å². The molecule has 13 heavy (non-hydrogen) atoms. The van der Waals surface area contributed by atoms with Gasteiger partial charge in [-0.25, -0.2) is 0 Å². The molecule has 0 unspecified atom stereocenters. The number of hydrogen-bond acceptors (Lipinski definition) is 1. The maximum absolute atomic E-state index is 9.34. The first kappa shape index (κ1) is 12.5. The Labute approximate surface area is 86.8 Å². The quantitative estimate of drug-likeness (QED) is 0.718. The molecule has 3 heteroatoms. The largest absolute Gasteiger partial charge is 0.508 e. The molecule has 0 spiro atoms. The fraction of sp³-hybridized carbons (Fsp3) is 0.400. The summed E-state index contributed by atoms with van der Waals surface area (Å²) in [6, 6.07) is 7.53. The number of phenolic OH excluding ortho intramolecular Hbond substituents is 1. The standard InChI is InChI=1S/C10H14O.H6Si2/c1-2-3-6-9-7-4-5-8-10(9)11;1-2/h4-5,7-8,11H,2-3,6H2,1H3;1-2H3. The Morgan fingerprint density at radius 3 is 2.38 bits per heavy atom. The number of aromatic hydroxyl groups is 1. The lowest BCUT2D eigenvalue weighted by Crippen LogP contribution is -1.83. The highest BCUT2D eigenvalue weighted by Crippen LogP contribution is 2.17. The van der Waals surface area contributed by atoms with Crippen molar-refractivity contribution < 1.29 is 5.11 Å². The number of hydrogen-bond donors (Lipinski definition) is 1. The molecule has 0 heterocycles. The zero-order valence-corrected chi connectivity index (χ0v) is 12.9. The van der Waals surface area contributed by atoms with Gasteiger partial charge in [-0.3, -0.25) is 0 Å². The summed E-state index contributed by atoms with van der Waals surface area (Å²) < 4.78 is 0. The van der Waals surface area contributed by atoms with Crippen molar-refractivity contribution in [2.75, 3.05) is 0 Å². The zero-order valence-electron chi connectivity index (χ0n) is 8.88. The van der Waals surface area contributed by atoms with Gasteiger partial charge >= 0.3 is 0 Å². The Balaban J connectivity index is 0.000000671. The molecule has 0 amide bonds. The number of aryl methyl sites for hydroxylation is 1. The van der Waals surface area contributed by atoms with E-state index >= 15 is 0 Å². The second kappa shape index (κ2) is 8.07. The van der Waals surface area contributed by atoms with Gasteiger partial charge in [0.05, 0.1) is 0 Å². The summed E-state index contributed by atoms with van der Waals surface area (Å²) in [4.78, 5) is 0. The maximum atomic E-state index is 9.34. The van der Waals surface area contributed by atoms with Crippen molar-refractivity contribution >= 4 is 19.5 Å². The zero-order chi connectivity index (χ0) is 10.1. The van der Waals surface area contributed by atoms with Crippen LogP contribution in [0.15, 0.2) is 24.3 Å². The first-order valence-electron chi connectivity index (χ1n) is 5.11. The van der Waals surface area contributed by atoms with Crippen LogP contribution in [0.1, 0.15) is 25.3 Å². The Hall–Kier alpha value is -0.546. The van der Waals surface area contributed by atoms with Crippen LogP contribution in [0.25, 0.3) is 0 Å². The molecule has 74 valence electrons. The minimum Gasteiger partial charge on any atom is -0.508 e. The van der Waals surface area contributed by atoms with Gasteiger partial charge < -0.3 is 5.11 Å². The van der Waals surface area contributed by atoms with Gasteiger partial charge in [0.15, 0.2) is 0 Å². The third-order valence-electron chi connectivity index (χ3n) is 1.79. The minimum atomic E-state index is 0.431. The van der Waals surface area contributed by atoms with E-state index in [-0.39, 0.29) is 0 Å². The second-order valence-corrected chi connectivity index (χ2v) is 2.73. The molecular formula is C10H20OSi2. The molecule has 0 aliphatic rings. The number of benzene rings is 1. The third kappa shape index (κ3) is 4.90. The monoisotopic (exact) mass is 212 g/mol. The van der Waals surface area contributed by atoms with Crippen LogP contribution in [0.4, 0.5) is 0 Å². The van der Waals surface area contributed by atoms with Gasteiger partial charge in [0.2, 0.25) is 0 Å². The molecule has 0 bridgehead atoms. The van der Waals surface area contributed by atoms with Crippen LogP contribution in [-0.4, -0.2) is 24.6 Å². The number of unbranched alkanes of at least 4 members (excludes halogenated alkanes) is 1. The van der Waals surface area contributed by atoms with Crippen molar-refractivity contribution in [3.05, 3.63) is 29.8 Å². The molecule has 1 aromatic carbocycles. The Bertz CT molecular complexity index is 226. The van der Waals surface area contributed by atoms with Crippen LogP contribution in [0.5, 0.6) is 5.75 Å². The van der Waals surface area contributed by atoms with Crippen molar-refractivity contribution in [3.63, 3.8) is 0 Å². The predicted molar refractivity (Wildman–Crippen MR) is 66.6 cm³/mol. The second-order valence-electron chi connectivity index (χ2n) is 2.73. The molecule has 0 saturated heterocycles. The van der Waals surface area contributed by atoms with Crippen LogP contribution in [0, 0.1) is 0 Å². The topological polar surface area (TPSA) is 20.2 Å². The van der Waals surface area contributed by atoms with E-state index in [0.29, 0.717) is 5.75 Å². The molecule has 1 N–H and O–H groups in total. The van der Waals surface area contributed by atoms with E-state index in [4.69, 9.17) is 0 Å². The van der Waals surface area contributed by atoms with Crippen molar-refractivity contribution in [2.24, 2.45) is 0 Å². The van der Waals surface area contributed by atoms with Crippen LogP contribution in [0.3, 0.4) is 0 Å². The highest BCUT2D eigenvalue weighted by atomic mass is 29.1. The van der Waals surface area contributed by atoms with E-state index in [1.165, 1.54) is 25.9 Å². The lowest BCUT2D eigenvalue weighted by atomic mass is 10.1. The normalized spacial score (nSPS) is 9.31. The van der Waals surface area contributed by atoms with Crippen molar-refractivity contribution in [3.8, 4) is 5.75 Å². The fourth-order valence-electron chi connectivity index (χ4n) is 1.09. The van der Waals surface area contributed by atoms with Gasteiger partial charge in [-0.05, 0) is 44.0 Å². The van der Waals surface area contributed by atoms with E-state index in [2.05, 4.69) is 6.92 Å². The first-order chi connectivity index (χ1) is 6.34. The summed E-state index contributed by atoms with van der Waals surface area (Å²) in [5, 5.41) is 9.34. The third-order valence-corrected chi connectivity index (χ3v) is 1.79. The molecule has 0 aromatic heterocycles. The molecule has 0 saturated carbocycles. The molecule has 0 radical (unpaired) electrons. The molecule has 1 aromatic rings. The number of phenols is 1. The van der Waals surface area contributed by atoms with Gasteiger partial charge in [0.1, 0.15) is 5.75 Å². The van der Waals surface area contributed by atoms with Gasteiger partial charge in [-0.2, -0.15) is 0 Å². The van der Waals surface area contributed by atoms with Crippen LogP contribution in [0.2, 0.25) is 0 Å². The summed E-state index contributed by atoms with van der Waals surface area (Å²) >= 11 is 0. The summed E-state index contributed by atoms with van der Waals surface area (Å²) in [6.45, 7) is 2.15. The Morgan fingerprint density at radius 1 is 1.23 bits per heavy atom. The molecule has 0 fully saturated rings. The van der Waals surface area contributed by atoms with Crippen LogP contribution in [-0.2, 0) is 6.42 Å². The van der Waals surface area contributed by atoms with E-state index in [0.717, 1.165) is 18.4 Å². The Morgan fingerprint density at radius 2 is 1.85 bits per heavy atom. The van der Waals surface area contributed by atoms with E-state index < -0.39 is 0 Å². The van der Waals surface area contributed by atoms with E-state index in [9.17, 15) is 5.11 Å². The highest BCUT2D eigenvalue weighted by molar-refractivity contribution is 6.75. The molecular weight excluding hydrogens is 192 g/mol. The lowest BCUT2D eigenvalue weighted by molar-refractivity contribution is 0.467. The average Bonchev–Trinajstić information content (AvgIpc) is 2.20. The smallest absolute Gasteiger partial charge is 0.118 e. The van der Waals surface area contributed by atoms with Crippen molar-refractivity contribution in [1.82, 2.24) is 0 Å². The van der Waals surface area contributed by atoms with Crippen molar-refractivity contribution in [1.29, 1.82) is 0 Å². The summed E-state index contributed by atoms with van der Waals surface area (Å²) in [5.41, 5.74) is 1.06. The number of para-hydroxylation sites is 1. The SMILES string of the molecule is CCCCc1ccccc1O.[SiH3][SiH3]. The predicted octanol–water partition coefficient (Wildman–Crippen LogP) is 0.367. The van der Waals surface area contributed by atoms with Crippen LogP contribution >= 0.6 is 0 Å². The van der Waals surface area contributed by atoms with Crippen LogP contribution < -0.4 is 0 Å².